The summed E-state index contributed by atoms with van der Waals surface area (Å²) in [6.45, 7) is 0.641. The van der Waals surface area contributed by atoms with Gasteiger partial charge in [0, 0.05) is 16.2 Å². The average molecular weight is 353 g/mol. The van der Waals surface area contributed by atoms with Gasteiger partial charge in [-0.1, -0.05) is 23.2 Å². The molecule has 2 aromatic rings. The molecule has 0 fully saturated rings. The minimum absolute atomic E-state index is 0.641. The van der Waals surface area contributed by atoms with Crippen molar-refractivity contribution in [3.05, 3.63) is 49.8 Å². The van der Waals surface area contributed by atoms with Gasteiger partial charge in [0.25, 0.3) is 0 Å². The molecule has 1 aromatic heterocycles. The van der Waals surface area contributed by atoms with Crippen LogP contribution >= 0.6 is 45.8 Å². The normalized spacial score (nSPS) is 10.6. The van der Waals surface area contributed by atoms with Crippen molar-refractivity contribution in [3.63, 3.8) is 0 Å². The molecule has 2 nitrogen and oxygen atoms in total. The molecule has 15 heavy (non-hydrogen) atoms. The lowest BCUT2D eigenvalue weighted by molar-refractivity contribution is 0.681. The molecule has 5 heteroatoms. The third kappa shape index (κ3) is 2.86. The number of aromatic nitrogens is 2. The summed E-state index contributed by atoms with van der Waals surface area (Å²) in [5.41, 5.74) is 0.976. The molecule has 0 saturated carbocycles. The molecule has 0 radical (unpaired) electrons. The van der Waals surface area contributed by atoms with E-state index in [4.69, 9.17) is 23.2 Å². The lowest BCUT2D eigenvalue weighted by Gasteiger charge is -2.04. The number of benzene rings is 1. The Kier molecular flexibility index (Phi) is 3.53. The molecule has 0 aliphatic heterocycles. The van der Waals surface area contributed by atoms with Crippen molar-refractivity contribution in [3.8, 4) is 0 Å². The highest BCUT2D eigenvalue weighted by Crippen LogP contribution is 2.21. The fraction of sp³-hybridized carbons (Fsp3) is 0.100. The highest BCUT2D eigenvalue weighted by molar-refractivity contribution is 14.1. The Hall–Kier alpha value is -0.260. The molecule has 0 aliphatic rings. The molecule has 1 heterocycles. The summed E-state index contributed by atoms with van der Waals surface area (Å²) < 4.78 is 2.80. The van der Waals surface area contributed by atoms with Crippen LogP contribution in [0.5, 0.6) is 0 Å². The molecule has 2 rings (SSSR count). The van der Waals surface area contributed by atoms with E-state index < -0.39 is 0 Å². The number of nitrogens with zero attached hydrogens (tertiary/aromatic N) is 2. The smallest absolute Gasteiger partial charge is 0.123 e. The second-order valence-electron chi connectivity index (χ2n) is 3.07. The number of rotatable bonds is 2. The van der Waals surface area contributed by atoms with E-state index in [9.17, 15) is 0 Å². The van der Waals surface area contributed by atoms with Crippen molar-refractivity contribution in [1.29, 1.82) is 0 Å². The van der Waals surface area contributed by atoms with Crippen molar-refractivity contribution in [2.24, 2.45) is 0 Å². The van der Waals surface area contributed by atoms with Crippen LogP contribution < -0.4 is 0 Å². The molecule has 0 bridgehead atoms. The Labute approximate surface area is 111 Å². The quantitative estimate of drug-likeness (QED) is 0.751. The molecule has 0 saturated heterocycles. The molecule has 78 valence electrons. The van der Waals surface area contributed by atoms with Crippen LogP contribution in [-0.4, -0.2) is 9.78 Å². The van der Waals surface area contributed by atoms with Crippen LogP contribution in [0.1, 0.15) is 5.56 Å². The fourth-order valence-electron chi connectivity index (χ4n) is 1.26. The standard InChI is InChI=1S/C10H7Cl2IN2/c11-8-1-2-9(12)7(5-8)6-15-4-3-10(13)14-15/h1-5H,6H2. The molecule has 0 atom stereocenters. The molecule has 0 aliphatic carbocycles. The Balaban J connectivity index is 2.27. The Morgan fingerprint density at radius 1 is 1.27 bits per heavy atom. The maximum atomic E-state index is 6.05. The Morgan fingerprint density at radius 3 is 2.73 bits per heavy atom. The van der Waals surface area contributed by atoms with Gasteiger partial charge in [0.1, 0.15) is 3.70 Å². The summed E-state index contributed by atoms with van der Waals surface area (Å²) in [6.07, 6.45) is 1.92. The summed E-state index contributed by atoms with van der Waals surface area (Å²) in [5, 5.41) is 5.68. The molecule has 0 unspecified atom stereocenters. The maximum absolute atomic E-state index is 6.05. The van der Waals surface area contributed by atoms with Gasteiger partial charge < -0.3 is 0 Å². The lowest BCUT2D eigenvalue weighted by atomic mass is 10.2. The van der Waals surface area contributed by atoms with Crippen LogP contribution in [0.2, 0.25) is 10.0 Å². The van der Waals surface area contributed by atoms with E-state index in [1.54, 1.807) is 12.1 Å². The largest absolute Gasteiger partial charge is 0.267 e. The topological polar surface area (TPSA) is 17.8 Å². The van der Waals surface area contributed by atoms with Crippen molar-refractivity contribution >= 4 is 45.8 Å². The summed E-state index contributed by atoms with van der Waals surface area (Å²) in [6, 6.07) is 7.38. The van der Waals surface area contributed by atoms with E-state index in [0.717, 1.165) is 9.26 Å². The third-order valence-corrected chi connectivity index (χ3v) is 3.13. The van der Waals surface area contributed by atoms with E-state index in [1.165, 1.54) is 0 Å². The minimum atomic E-state index is 0.641. The molecular formula is C10H7Cl2IN2. The molecule has 1 aromatic carbocycles. The van der Waals surface area contributed by atoms with Gasteiger partial charge >= 0.3 is 0 Å². The Bertz CT molecular complexity index is 482. The van der Waals surface area contributed by atoms with E-state index in [2.05, 4.69) is 27.7 Å². The third-order valence-electron chi connectivity index (χ3n) is 1.95. The molecule has 0 N–H and O–H groups in total. The van der Waals surface area contributed by atoms with E-state index >= 15 is 0 Å². The van der Waals surface area contributed by atoms with Crippen molar-refractivity contribution in [1.82, 2.24) is 9.78 Å². The zero-order valence-corrected chi connectivity index (χ0v) is 11.3. The second kappa shape index (κ2) is 4.72. The first kappa shape index (κ1) is 11.2. The van der Waals surface area contributed by atoms with Crippen LogP contribution in [-0.2, 0) is 6.54 Å². The van der Waals surface area contributed by atoms with E-state index in [1.807, 2.05) is 23.0 Å². The Morgan fingerprint density at radius 2 is 2.07 bits per heavy atom. The lowest BCUT2D eigenvalue weighted by Crippen LogP contribution is -2.01. The average Bonchev–Trinajstić information content (AvgIpc) is 2.58. The van der Waals surface area contributed by atoms with Crippen molar-refractivity contribution < 1.29 is 0 Å². The van der Waals surface area contributed by atoms with E-state index in [0.29, 0.717) is 16.6 Å². The monoisotopic (exact) mass is 352 g/mol. The molecular weight excluding hydrogens is 346 g/mol. The maximum Gasteiger partial charge on any atom is 0.123 e. The van der Waals surface area contributed by atoms with Gasteiger partial charge in [-0.25, -0.2) is 0 Å². The summed E-state index contributed by atoms with van der Waals surface area (Å²) in [5.74, 6) is 0. The van der Waals surface area contributed by atoms with Crippen LogP contribution in [0.15, 0.2) is 30.5 Å². The van der Waals surface area contributed by atoms with Crippen LogP contribution in [0, 0.1) is 3.70 Å². The SMILES string of the molecule is Clc1ccc(Cl)c(Cn2ccc(I)n2)c1. The van der Waals surface area contributed by atoms with Gasteiger partial charge in [0.05, 0.1) is 6.54 Å². The second-order valence-corrected chi connectivity index (χ2v) is 5.02. The first-order chi connectivity index (χ1) is 7.15. The summed E-state index contributed by atoms with van der Waals surface area (Å²) >= 11 is 14.1. The first-order valence-electron chi connectivity index (χ1n) is 4.28. The first-order valence-corrected chi connectivity index (χ1v) is 6.11. The predicted octanol–water partition coefficient (Wildman–Crippen LogP) is 3.84. The van der Waals surface area contributed by atoms with Gasteiger partial charge in [-0.15, -0.1) is 0 Å². The number of hydrogen-bond donors (Lipinski definition) is 0. The van der Waals surface area contributed by atoms with Crippen LogP contribution in [0.3, 0.4) is 0 Å². The zero-order valence-electron chi connectivity index (χ0n) is 7.62. The molecule has 0 amide bonds. The fourth-order valence-corrected chi connectivity index (χ4v) is 2.07. The van der Waals surface area contributed by atoms with Gasteiger partial charge in [0.2, 0.25) is 0 Å². The predicted molar refractivity (Wildman–Crippen MR) is 70.5 cm³/mol. The molecule has 0 spiro atoms. The van der Waals surface area contributed by atoms with Crippen LogP contribution in [0.4, 0.5) is 0 Å². The minimum Gasteiger partial charge on any atom is -0.267 e. The van der Waals surface area contributed by atoms with Gasteiger partial charge in [-0.3, -0.25) is 4.68 Å². The van der Waals surface area contributed by atoms with E-state index in [-0.39, 0.29) is 0 Å². The highest BCUT2D eigenvalue weighted by Gasteiger charge is 2.03. The highest BCUT2D eigenvalue weighted by atomic mass is 127. The van der Waals surface area contributed by atoms with Gasteiger partial charge in [-0.2, -0.15) is 5.10 Å². The van der Waals surface area contributed by atoms with Crippen molar-refractivity contribution in [2.75, 3.05) is 0 Å². The zero-order chi connectivity index (χ0) is 10.8. The van der Waals surface area contributed by atoms with Gasteiger partial charge in [-0.05, 0) is 52.4 Å². The summed E-state index contributed by atoms with van der Waals surface area (Å²) in [4.78, 5) is 0. The number of hydrogen-bond acceptors (Lipinski definition) is 1. The number of halogens is 3. The van der Waals surface area contributed by atoms with Gasteiger partial charge in [0.15, 0.2) is 0 Å². The van der Waals surface area contributed by atoms with Crippen molar-refractivity contribution in [2.45, 2.75) is 6.54 Å². The van der Waals surface area contributed by atoms with Crippen LogP contribution in [0.25, 0.3) is 0 Å². The summed E-state index contributed by atoms with van der Waals surface area (Å²) in [7, 11) is 0.